The fraction of sp³-hybridized carbons (Fsp3) is 0.273. The van der Waals surface area contributed by atoms with E-state index in [1.807, 2.05) is 0 Å². The minimum absolute atomic E-state index is 0.0583. The number of hydrogen-bond donors (Lipinski definition) is 1. The molecule has 0 amide bonds. The third-order valence-electron chi connectivity index (χ3n) is 2.41. The third-order valence-corrected chi connectivity index (χ3v) is 4.63. The molecule has 20 heavy (non-hydrogen) atoms. The summed E-state index contributed by atoms with van der Waals surface area (Å²) >= 11 is 1.16. The van der Waals surface area contributed by atoms with E-state index in [0.717, 1.165) is 11.3 Å². The van der Waals surface area contributed by atoms with Gasteiger partial charge in [0.1, 0.15) is 5.01 Å². The highest BCUT2D eigenvalue weighted by atomic mass is 32.2. The zero-order valence-corrected chi connectivity index (χ0v) is 12.7. The SMILES string of the molecule is COc1ccc(S(=O)(=O)Nc2nnc(C)s2)cc1OC. The molecular weight excluding hydrogens is 302 g/mol. The van der Waals surface area contributed by atoms with Crippen LogP contribution < -0.4 is 14.2 Å². The predicted molar refractivity (Wildman–Crippen MR) is 75.0 cm³/mol. The predicted octanol–water partition coefficient (Wildman–Crippen LogP) is 1.66. The number of methoxy groups -OCH3 is 2. The van der Waals surface area contributed by atoms with Crippen LogP contribution in [0.15, 0.2) is 23.1 Å². The first kappa shape index (κ1) is 14.5. The summed E-state index contributed by atoms with van der Waals surface area (Å²) in [6.07, 6.45) is 0. The Kier molecular flexibility index (Phi) is 4.09. The maximum absolute atomic E-state index is 12.2. The Labute approximate surface area is 120 Å². The molecule has 2 rings (SSSR count). The number of aromatic nitrogens is 2. The van der Waals surface area contributed by atoms with Crippen LogP contribution in [0.1, 0.15) is 5.01 Å². The van der Waals surface area contributed by atoms with E-state index in [0.29, 0.717) is 16.5 Å². The molecule has 1 N–H and O–H groups in total. The molecule has 0 atom stereocenters. The van der Waals surface area contributed by atoms with Crippen molar-refractivity contribution in [1.29, 1.82) is 0 Å². The van der Waals surface area contributed by atoms with Crippen LogP contribution in [0.2, 0.25) is 0 Å². The molecule has 1 aromatic carbocycles. The Morgan fingerprint density at radius 1 is 1.15 bits per heavy atom. The lowest BCUT2D eigenvalue weighted by atomic mass is 10.3. The minimum Gasteiger partial charge on any atom is -0.493 e. The monoisotopic (exact) mass is 315 g/mol. The van der Waals surface area contributed by atoms with Gasteiger partial charge in [-0.2, -0.15) is 0 Å². The summed E-state index contributed by atoms with van der Waals surface area (Å²) in [4.78, 5) is 0.0583. The fourth-order valence-corrected chi connectivity index (χ4v) is 3.33. The van der Waals surface area contributed by atoms with Gasteiger partial charge in [0.2, 0.25) is 5.13 Å². The molecule has 0 aliphatic carbocycles. The van der Waals surface area contributed by atoms with Crippen molar-refractivity contribution >= 4 is 26.5 Å². The van der Waals surface area contributed by atoms with Gasteiger partial charge in [0.15, 0.2) is 11.5 Å². The standard InChI is InChI=1S/C11H13N3O4S2/c1-7-12-13-11(19-7)14-20(15,16)8-4-5-9(17-2)10(6-8)18-3/h4-6H,1-3H3,(H,13,14). The quantitative estimate of drug-likeness (QED) is 0.902. The van der Waals surface area contributed by atoms with E-state index in [1.165, 1.54) is 32.4 Å². The summed E-state index contributed by atoms with van der Waals surface area (Å²) in [6, 6.07) is 4.34. The van der Waals surface area contributed by atoms with Crippen molar-refractivity contribution in [3.05, 3.63) is 23.2 Å². The van der Waals surface area contributed by atoms with Crippen molar-refractivity contribution in [2.45, 2.75) is 11.8 Å². The summed E-state index contributed by atoms with van der Waals surface area (Å²) in [5, 5.41) is 8.37. The van der Waals surface area contributed by atoms with Crippen LogP contribution in [0, 0.1) is 6.92 Å². The molecule has 0 radical (unpaired) electrons. The van der Waals surface area contributed by atoms with Crippen molar-refractivity contribution in [1.82, 2.24) is 10.2 Å². The average Bonchev–Trinajstić information content (AvgIpc) is 2.82. The first-order chi connectivity index (χ1) is 9.46. The Morgan fingerprint density at radius 3 is 2.40 bits per heavy atom. The number of nitrogens with zero attached hydrogens (tertiary/aromatic N) is 2. The second-order valence-electron chi connectivity index (χ2n) is 3.75. The number of ether oxygens (including phenoxy) is 2. The van der Waals surface area contributed by atoms with Crippen LogP contribution in [0.3, 0.4) is 0 Å². The maximum atomic E-state index is 12.2. The number of anilines is 1. The van der Waals surface area contributed by atoms with Crippen molar-refractivity contribution < 1.29 is 17.9 Å². The summed E-state index contributed by atoms with van der Waals surface area (Å²) in [6.45, 7) is 1.74. The maximum Gasteiger partial charge on any atom is 0.263 e. The normalized spacial score (nSPS) is 11.2. The van der Waals surface area contributed by atoms with Crippen LogP contribution in [-0.4, -0.2) is 32.8 Å². The summed E-state index contributed by atoms with van der Waals surface area (Å²) in [5.74, 6) is 0.794. The van der Waals surface area contributed by atoms with Crippen molar-refractivity contribution in [3.8, 4) is 11.5 Å². The fourth-order valence-electron chi connectivity index (χ4n) is 1.50. The summed E-state index contributed by atoms with van der Waals surface area (Å²) in [7, 11) is -0.814. The topological polar surface area (TPSA) is 90.4 Å². The second-order valence-corrected chi connectivity index (χ2v) is 6.61. The summed E-state index contributed by atoms with van der Waals surface area (Å²) in [5.41, 5.74) is 0. The van der Waals surface area contributed by atoms with Gasteiger partial charge >= 0.3 is 0 Å². The van der Waals surface area contributed by atoms with E-state index in [-0.39, 0.29) is 10.0 Å². The van der Waals surface area contributed by atoms with E-state index in [2.05, 4.69) is 14.9 Å². The largest absolute Gasteiger partial charge is 0.493 e. The van der Waals surface area contributed by atoms with Gasteiger partial charge in [0.05, 0.1) is 19.1 Å². The van der Waals surface area contributed by atoms with E-state index < -0.39 is 10.0 Å². The van der Waals surface area contributed by atoms with Crippen LogP contribution in [-0.2, 0) is 10.0 Å². The second kappa shape index (κ2) is 5.63. The zero-order valence-electron chi connectivity index (χ0n) is 11.1. The van der Waals surface area contributed by atoms with Crippen LogP contribution in [0.4, 0.5) is 5.13 Å². The number of rotatable bonds is 5. The smallest absolute Gasteiger partial charge is 0.263 e. The molecule has 1 heterocycles. The van der Waals surface area contributed by atoms with Crippen molar-refractivity contribution in [2.75, 3.05) is 18.9 Å². The van der Waals surface area contributed by atoms with Crippen molar-refractivity contribution in [2.24, 2.45) is 0 Å². The molecule has 7 nitrogen and oxygen atoms in total. The highest BCUT2D eigenvalue weighted by Crippen LogP contribution is 2.30. The molecule has 0 bridgehead atoms. The lowest BCUT2D eigenvalue weighted by molar-refractivity contribution is 0.354. The van der Waals surface area contributed by atoms with Crippen LogP contribution in [0.5, 0.6) is 11.5 Å². The van der Waals surface area contributed by atoms with Crippen LogP contribution >= 0.6 is 11.3 Å². The molecule has 0 spiro atoms. The van der Waals surface area contributed by atoms with Gasteiger partial charge in [-0.3, -0.25) is 4.72 Å². The van der Waals surface area contributed by atoms with Crippen molar-refractivity contribution in [3.63, 3.8) is 0 Å². The number of hydrogen-bond acceptors (Lipinski definition) is 7. The van der Waals surface area contributed by atoms with E-state index >= 15 is 0 Å². The average molecular weight is 315 g/mol. The van der Waals surface area contributed by atoms with Gasteiger partial charge in [-0.1, -0.05) is 11.3 Å². The van der Waals surface area contributed by atoms with Gasteiger partial charge in [-0.15, -0.1) is 10.2 Å². The van der Waals surface area contributed by atoms with Gasteiger partial charge in [-0.05, 0) is 19.1 Å². The van der Waals surface area contributed by atoms with Gasteiger partial charge in [0.25, 0.3) is 10.0 Å². The number of aryl methyl sites for hydroxylation is 1. The van der Waals surface area contributed by atoms with Gasteiger partial charge in [0, 0.05) is 6.07 Å². The molecule has 2 aromatic rings. The highest BCUT2D eigenvalue weighted by Gasteiger charge is 2.18. The first-order valence-corrected chi connectivity index (χ1v) is 7.81. The number of nitrogens with one attached hydrogen (secondary N) is 1. The molecule has 108 valence electrons. The first-order valence-electron chi connectivity index (χ1n) is 5.51. The Balaban J connectivity index is 2.34. The molecule has 1 aromatic heterocycles. The molecule has 0 aliphatic heterocycles. The zero-order chi connectivity index (χ0) is 14.8. The Hall–Kier alpha value is -1.87. The molecule has 0 saturated carbocycles. The molecular formula is C11H13N3O4S2. The van der Waals surface area contributed by atoms with E-state index in [4.69, 9.17) is 9.47 Å². The van der Waals surface area contributed by atoms with Gasteiger partial charge < -0.3 is 9.47 Å². The third kappa shape index (κ3) is 2.99. The van der Waals surface area contributed by atoms with E-state index in [9.17, 15) is 8.42 Å². The molecule has 0 fully saturated rings. The molecule has 0 saturated heterocycles. The van der Waals surface area contributed by atoms with Crippen LogP contribution in [0.25, 0.3) is 0 Å². The molecule has 0 aliphatic rings. The Bertz CT molecular complexity index is 712. The lowest BCUT2D eigenvalue weighted by Gasteiger charge is -2.10. The minimum atomic E-state index is -3.74. The Morgan fingerprint density at radius 2 is 1.85 bits per heavy atom. The summed E-state index contributed by atoms with van der Waals surface area (Å²) < 4.78 is 36.9. The highest BCUT2D eigenvalue weighted by molar-refractivity contribution is 7.93. The molecule has 9 heteroatoms. The number of sulfonamides is 1. The lowest BCUT2D eigenvalue weighted by Crippen LogP contribution is -2.13. The molecule has 0 unspecified atom stereocenters. The van der Waals surface area contributed by atoms with Gasteiger partial charge in [-0.25, -0.2) is 8.42 Å². The van der Waals surface area contributed by atoms with E-state index in [1.54, 1.807) is 6.92 Å². The number of benzene rings is 1.